The molecular formula is C76H153N9O5. The Labute approximate surface area is 557 Å². The third kappa shape index (κ3) is 59.0. The third-order valence-corrected chi connectivity index (χ3v) is 18.5. The van der Waals surface area contributed by atoms with Crippen LogP contribution < -0.4 is 47.9 Å². The van der Waals surface area contributed by atoms with Gasteiger partial charge in [-0.05, 0) is 51.4 Å². The predicted octanol–water partition coefficient (Wildman–Crippen LogP) is 16.7. The number of carbonyl (C=O) groups is 5. The van der Waals surface area contributed by atoms with Crippen LogP contribution >= 0.6 is 0 Å². The highest BCUT2D eigenvalue weighted by molar-refractivity contribution is 5.86. The molecule has 0 spiro atoms. The van der Waals surface area contributed by atoms with Crippen LogP contribution in [0.25, 0.3) is 0 Å². The lowest BCUT2D eigenvalue weighted by molar-refractivity contribution is -0.136. The van der Waals surface area contributed by atoms with Gasteiger partial charge < -0.3 is 47.9 Å². The molecule has 90 heavy (non-hydrogen) atoms. The predicted molar refractivity (Wildman–Crippen MR) is 386 cm³/mol. The van der Waals surface area contributed by atoms with E-state index >= 15 is 4.79 Å². The fraction of sp³-hybridized carbons (Fsp3) is 0.934. The van der Waals surface area contributed by atoms with Crippen molar-refractivity contribution in [3.05, 3.63) is 0 Å². The Hall–Kier alpha value is -2.81. The number of carbonyl (C=O) groups excluding carboxylic acids is 5. The number of rotatable bonds is 74. The van der Waals surface area contributed by atoms with Crippen LogP contribution in [0.2, 0.25) is 0 Å². The van der Waals surface area contributed by atoms with Crippen molar-refractivity contribution in [2.45, 2.75) is 375 Å². The zero-order chi connectivity index (χ0) is 65.6. The van der Waals surface area contributed by atoms with Crippen LogP contribution in [0.4, 0.5) is 0 Å². The molecule has 0 aliphatic rings. The van der Waals surface area contributed by atoms with Gasteiger partial charge in [0.1, 0.15) is 0 Å². The Bertz CT molecular complexity index is 1530. The summed E-state index contributed by atoms with van der Waals surface area (Å²) in [4.78, 5) is 69.5. The molecule has 0 heterocycles. The summed E-state index contributed by atoms with van der Waals surface area (Å²) in [5.41, 5.74) is -1.12. The van der Waals surface area contributed by atoms with E-state index in [-0.39, 0.29) is 61.6 Å². The molecule has 0 radical (unpaired) electrons. The minimum atomic E-state index is -1.12. The van der Waals surface area contributed by atoms with Crippen LogP contribution in [0.3, 0.4) is 0 Å². The quantitative estimate of drug-likeness (QED) is 0.0267. The second-order valence-corrected chi connectivity index (χ2v) is 27.0. The lowest BCUT2D eigenvalue weighted by Gasteiger charge is -2.40. The molecule has 0 saturated carbocycles. The van der Waals surface area contributed by atoms with Gasteiger partial charge in [0, 0.05) is 110 Å². The minimum absolute atomic E-state index is 0.0194. The Morgan fingerprint density at radius 3 is 0.778 bits per heavy atom. The number of amides is 5. The van der Waals surface area contributed by atoms with Gasteiger partial charge in [-0.2, -0.15) is 0 Å². The molecule has 0 saturated heterocycles. The molecule has 0 rings (SSSR count). The van der Waals surface area contributed by atoms with Gasteiger partial charge in [-0.1, -0.05) is 291 Å². The molecule has 0 bridgehead atoms. The molecule has 0 aliphatic heterocycles. The van der Waals surface area contributed by atoms with Gasteiger partial charge in [-0.3, -0.25) is 24.0 Å². The second-order valence-electron chi connectivity index (χ2n) is 27.0. The summed E-state index contributed by atoms with van der Waals surface area (Å²) in [5.74, 6) is -0.146. The van der Waals surface area contributed by atoms with Crippen LogP contribution in [0.15, 0.2) is 0 Å². The second kappa shape index (κ2) is 70.5. The Morgan fingerprint density at radius 1 is 0.244 bits per heavy atom. The summed E-state index contributed by atoms with van der Waals surface area (Å²) in [7, 11) is 0. The average Bonchev–Trinajstić information content (AvgIpc) is 1.18. The van der Waals surface area contributed by atoms with E-state index in [1.54, 1.807) is 0 Å². The van der Waals surface area contributed by atoms with E-state index < -0.39 is 11.5 Å². The van der Waals surface area contributed by atoms with Gasteiger partial charge in [0.05, 0.1) is 5.41 Å². The molecule has 9 N–H and O–H groups in total. The maximum absolute atomic E-state index is 15.4. The van der Waals surface area contributed by atoms with E-state index in [4.69, 9.17) is 0 Å². The number of hydrogen-bond acceptors (Lipinski definition) is 9. The molecule has 0 aromatic carbocycles. The van der Waals surface area contributed by atoms with Crippen molar-refractivity contribution < 1.29 is 24.0 Å². The van der Waals surface area contributed by atoms with Crippen LogP contribution in [-0.2, 0) is 24.0 Å². The fourth-order valence-electron chi connectivity index (χ4n) is 12.5. The van der Waals surface area contributed by atoms with Gasteiger partial charge in [-0.15, -0.1) is 0 Å². The van der Waals surface area contributed by atoms with Crippen LogP contribution in [-0.4, -0.2) is 114 Å². The van der Waals surface area contributed by atoms with Crippen LogP contribution in [0.5, 0.6) is 0 Å². The summed E-state index contributed by atoms with van der Waals surface area (Å²) in [5, 5.41) is 30.4. The monoisotopic (exact) mass is 1270 g/mol. The summed E-state index contributed by atoms with van der Waals surface area (Å²) in [6, 6.07) is -0.461. The first-order valence-electron chi connectivity index (χ1n) is 39.4. The van der Waals surface area contributed by atoms with E-state index in [1.807, 2.05) is 0 Å². The standard InChI is InChI=1S/C76H153N9O5/c1-6-11-16-21-26-31-36-41-46-58-81-71(86)52-51-70(80-69-68-79-67-66-78-65-64-77-63-55-74(89)84-61-49-44-39-34-29-24-19-14-9-4)76(75(90)85-62-50-45-40-35-30-25-20-15-10-5,56-53-72(87)82-59-47-42-37-32-27-22-17-12-7-2)57-54-73(88)83-60-48-43-38-33-28-23-18-13-8-3/h70,77-80H,6-69H2,1-5H3,(H,81,86)(H,82,87)(H,83,88)(H,84,89)(H,85,90). The lowest BCUT2D eigenvalue weighted by atomic mass is 9.70. The Kier molecular flexibility index (Phi) is 68.3. The Balaban J connectivity index is 6.17. The molecule has 0 aromatic heterocycles. The Morgan fingerprint density at radius 2 is 0.478 bits per heavy atom. The third-order valence-electron chi connectivity index (χ3n) is 18.5. The topological polar surface area (TPSA) is 194 Å². The van der Waals surface area contributed by atoms with Crippen molar-refractivity contribution in [2.75, 3.05) is 78.5 Å². The molecule has 0 aromatic rings. The van der Waals surface area contributed by atoms with Crippen molar-refractivity contribution in [3.8, 4) is 0 Å². The maximum Gasteiger partial charge on any atom is 0.227 e. The van der Waals surface area contributed by atoms with E-state index in [0.29, 0.717) is 58.7 Å². The smallest absolute Gasteiger partial charge is 0.227 e. The number of hydrogen-bond donors (Lipinski definition) is 9. The van der Waals surface area contributed by atoms with Crippen LogP contribution in [0.1, 0.15) is 369 Å². The first-order chi connectivity index (χ1) is 44.2. The number of nitrogens with one attached hydrogen (secondary N) is 9. The average molecular weight is 1270 g/mol. The number of unbranched alkanes of at least 4 members (excludes halogenated alkanes) is 40. The van der Waals surface area contributed by atoms with Crippen molar-refractivity contribution in [3.63, 3.8) is 0 Å². The first kappa shape index (κ1) is 87.2. The highest BCUT2D eigenvalue weighted by atomic mass is 16.2. The maximum atomic E-state index is 15.4. The molecule has 1 atom stereocenters. The zero-order valence-corrected chi connectivity index (χ0v) is 60.4. The van der Waals surface area contributed by atoms with E-state index in [1.165, 1.54) is 225 Å². The summed E-state index contributed by atoms with van der Waals surface area (Å²) in [6.45, 7) is 19.4. The molecule has 0 fully saturated rings. The van der Waals surface area contributed by atoms with E-state index in [9.17, 15) is 19.2 Å². The molecule has 532 valence electrons. The van der Waals surface area contributed by atoms with Crippen LogP contribution in [0, 0.1) is 5.41 Å². The van der Waals surface area contributed by atoms with Gasteiger partial charge in [0.2, 0.25) is 29.5 Å². The van der Waals surface area contributed by atoms with Crippen molar-refractivity contribution >= 4 is 29.5 Å². The van der Waals surface area contributed by atoms with E-state index in [0.717, 1.165) is 96.9 Å². The summed E-state index contributed by atoms with van der Waals surface area (Å²) < 4.78 is 0. The molecule has 1 unspecified atom stereocenters. The van der Waals surface area contributed by atoms with Gasteiger partial charge in [-0.25, -0.2) is 0 Å². The zero-order valence-electron chi connectivity index (χ0n) is 60.4. The molecule has 0 aliphatic carbocycles. The van der Waals surface area contributed by atoms with Gasteiger partial charge in [0.25, 0.3) is 0 Å². The fourth-order valence-corrected chi connectivity index (χ4v) is 12.5. The van der Waals surface area contributed by atoms with Gasteiger partial charge in [0.15, 0.2) is 0 Å². The normalized spacial score (nSPS) is 11.9. The summed E-state index contributed by atoms with van der Waals surface area (Å²) in [6.07, 6.45) is 56.9. The minimum Gasteiger partial charge on any atom is -0.356 e. The summed E-state index contributed by atoms with van der Waals surface area (Å²) >= 11 is 0. The van der Waals surface area contributed by atoms with Crippen molar-refractivity contribution in [2.24, 2.45) is 5.41 Å². The van der Waals surface area contributed by atoms with Crippen molar-refractivity contribution in [1.29, 1.82) is 0 Å². The largest absolute Gasteiger partial charge is 0.356 e. The van der Waals surface area contributed by atoms with Crippen molar-refractivity contribution in [1.82, 2.24) is 47.9 Å². The highest BCUT2D eigenvalue weighted by Crippen LogP contribution is 2.37. The highest BCUT2D eigenvalue weighted by Gasteiger charge is 2.45. The molecule has 14 heteroatoms. The molecule has 5 amide bonds. The molecular weight excluding hydrogens is 1120 g/mol. The van der Waals surface area contributed by atoms with Gasteiger partial charge >= 0.3 is 0 Å². The SMILES string of the molecule is CCCCCCCCCCCNC(=O)CCNCCNCCNCCNC(CCC(=O)NCCCCCCCCCCC)C(CCC(=O)NCCCCCCCCCCC)(CCC(=O)NCCCCCCCCCCC)C(=O)NCCCCCCCCCCC. The van der Waals surface area contributed by atoms with E-state index in [2.05, 4.69) is 82.5 Å². The molecule has 14 nitrogen and oxygen atoms in total. The lowest BCUT2D eigenvalue weighted by Crippen LogP contribution is -2.56. The first-order valence-corrected chi connectivity index (χ1v) is 39.4.